The first-order chi connectivity index (χ1) is 10.8. The van der Waals surface area contributed by atoms with E-state index in [1.807, 2.05) is 38.1 Å². The molecule has 3 N–H and O–H groups in total. The van der Waals surface area contributed by atoms with Crippen molar-refractivity contribution in [3.05, 3.63) is 59.9 Å². The average Bonchev–Trinajstić information content (AvgIpc) is 2.54. The van der Waals surface area contributed by atoms with Crippen LogP contribution in [-0.4, -0.2) is 19.2 Å². The molecular weight excluding hydrogens is 310 g/mol. The Bertz CT molecular complexity index is 743. The molecule has 124 valence electrons. The quantitative estimate of drug-likeness (QED) is 0.816. The highest BCUT2D eigenvalue weighted by atomic mass is 32.2. The molecule has 23 heavy (non-hydrogen) atoms. The van der Waals surface area contributed by atoms with Gasteiger partial charge in [-0.15, -0.1) is 0 Å². The molecule has 0 bridgehead atoms. The van der Waals surface area contributed by atoms with Crippen molar-refractivity contribution >= 4 is 15.7 Å². The van der Waals surface area contributed by atoms with Crippen LogP contribution in [0.15, 0.2) is 48.7 Å². The second-order valence-electron chi connectivity index (χ2n) is 5.77. The summed E-state index contributed by atoms with van der Waals surface area (Å²) in [6, 6.07) is 12.7. The molecule has 1 aromatic carbocycles. The number of unbranched alkanes of at least 4 members (excludes halogenated alkanes) is 1. The number of rotatable bonds is 7. The molecule has 0 spiro atoms. The zero-order chi connectivity index (χ0) is 16.9. The number of aromatic nitrogens is 1. The maximum atomic E-state index is 12.0. The Kier molecular flexibility index (Phi) is 5.38. The van der Waals surface area contributed by atoms with Gasteiger partial charge in [-0.1, -0.05) is 31.5 Å². The van der Waals surface area contributed by atoms with E-state index in [4.69, 9.17) is 5.73 Å². The lowest BCUT2D eigenvalue weighted by Gasteiger charge is -2.25. The van der Waals surface area contributed by atoms with Crippen LogP contribution < -0.4 is 10.5 Å². The minimum absolute atomic E-state index is 0.119. The fraction of sp³-hybridized carbons (Fsp3) is 0.353. The number of hydrogen-bond donors (Lipinski definition) is 2. The summed E-state index contributed by atoms with van der Waals surface area (Å²) in [5.74, 6) is 0.119. The number of nitrogens with zero attached hydrogens (tertiary/aromatic N) is 1. The highest BCUT2D eigenvalue weighted by molar-refractivity contribution is 7.92. The summed E-state index contributed by atoms with van der Waals surface area (Å²) in [5.41, 5.74) is 7.68. The van der Waals surface area contributed by atoms with Crippen LogP contribution in [0.1, 0.15) is 37.9 Å². The van der Waals surface area contributed by atoms with Gasteiger partial charge in [0.15, 0.2) is 0 Å². The molecule has 1 aromatic heterocycles. The summed E-state index contributed by atoms with van der Waals surface area (Å²) in [7, 11) is -3.33. The van der Waals surface area contributed by atoms with Crippen molar-refractivity contribution < 1.29 is 8.42 Å². The Morgan fingerprint density at radius 2 is 2.00 bits per heavy atom. The van der Waals surface area contributed by atoms with Crippen LogP contribution in [0.25, 0.3) is 0 Å². The molecular formula is C17H23N3O2S. The summed E-state index contributed by atoms with van der Waals surface area (Å²) in [6.07, 6.45) is 3.16. The van der Waals surface area contributed by atoms with Gasteiger partial charge in [-0.05, 0) is 43.2 Å². The minimum atomic E-state index is -3.33. The largest absolute Gasteiger partial charge is 0.317 e. The highest BCUT2D eigenvalue weighted by Gasteiger charge is 2.25. The van der Waals surface area contributed by atoms with Crippen molar-refractivity contribution in [2.75, 3.05) is 10.5 Å². The third-order valence-corrected chi connectivity index (χ3v) is 5.07. The van der Waals surface area contributed by atoms with Gasteiger partial charge in [0.25, 0.3) is 0 Å². The molecule has 0 amide bonds. The Morgan fingerprint density at radius 1 is 1.22 bits per heavy atom. The molecule has 2 rings (SSSR count). The van der Waals surface area contributed by atoms with Crippen LogP contribution in [0.5, 0.6) is 0 Å². The summed E-state index contributed by atoms with van der Waals surface area (Å²) < 4.78 is 26.7. The molecule has 0 aliphatic rings. The topological polar surface area (TPSA) is 85.1 Å². The first kappa shape index (κ1) is 17.4. The van der Waals surface area contributed by atoms with Gasteiger partial charge in [-0.2, -0.15) is 0 Å². The molecule has 1 heterocycles. The minimum Gasteiger partial charge on any atom is -0.317 e. The van der Waals surface area contributed by atoms with Crippen LogP contribution in [0, 0.1) is 0 Å². The van der Waals surface area contributed by atoms with Gasteiger partial charge in [0, 0.05) is 11.9 Å². The number of nitrogens with one attached hydrogen (secondary N) is 1. The van der Waals surface area contributed by atoms with E-state index in [9.17, 15) is 8.42 Å². The maximum Gasteiger partial charge on any atom is 0.232 e. The summed E-state index contributed by atoms with van der Waals surface area (Å²) in [5, 5.41) is 0. The number of hydrogen-bond acceptors (Lipinski definition) is 4. The van der Waals surface area contributed by atoms with Crippen molar-refractivity contribution in [3.8, 4) is 0 Å². The fourth-order valence-corrected chi connectivity index (χ4v) is 3.55. The molecule has 5 nitrogen and oxygen atoms in total. The van der Waals surface area contributed by atoms with Crippen LogP contribution >= 0.6 is 0 Å². The molecule has 2 aromatic rings. The maximum absolute atomic E-state index is 12.0. The number of benzene rings is 1. The van der Waals surface area contributed by atoms with E-state index in [0.717, 1.165) is 17.7 Å². The molecule has 0 aliphatic carbocycles. The monoisotopic (exact) mass is 333 g/mol. The third-order valence-electron chi connectivity index (χ3n) is 3.70. The van der Waals surface area contributed by atoms with Gasteiger partial charge >= 0.3 is 0 Å². The second-order valence-corrected chi connectivity index (χ2v) is 7.61. The van der Waals surface area contributed by atoms with Crippen molar-refractivity contribution in [3.63, 3.8) is 0 Å². The fourth-order valence-electron chi connectivity index (χ4n) is 2.29. The number of pyridine rings is 1. The van der Waals surface area contributed by atoms with E-state index in [-0.39, 0.29) is 5.75 Å². The Hall–Kier alpha value is -1.92. The summed E-state index contributed by atoms with van der Waals surface area (Å²) in [6.45, 7) is 3.82. The van der Waals surface area contributed by atoms with Crippen molar-refractivity contribution in [1.29, 1.82) is 0 Å². The zero-order valence-electron chi connectivity index (χ0n) is 13.5. The number of nitrogens with two attached hydrogens (primary N) is 1. The Balaban J connectivity index is 2.26. The molecule has 1 unspecified atom stereocenters. The molecule has 0 fully saturated rings. The average molecular weight is 333 g/mol. The van der Waals surface area contributed by atoms with Gasteiger partial charge in [-0.25, -0.2) is 8.42 Å². The summed E-state index contributed by atoms with van der Waals surface area (Å²) in [4.78, 5) is 4.31. The van der Waals surface area contributed by atoms with Gasteiger partial charge in [0.1, 0.15) is 0 Å². The SMILES string of the molecule is CCCCS(=O)(=O)Nc1cccc(C(C)(N)c2ccccn2)c1. The first-order valence-corrected chi connectivity index (χ1v) is 9.32. The van der Waals surface area contributed by atoms with Gasteiger partial charge < -0.3 is 5.73 Å². The predicted molar refractivity (Wildman–Crippen MR) is 93.6 cm³/mol. The van der Waals surface area contributed by atoms with Crippen LogP contribution in [0.3, 0.4) is 0 Å². The predicted octanol–water partition coefficient (Wildman–Crippen LogP) is 2.85. The van der Waals surface area contributed by atoms with Crippen molar-refractivity contribution in [2.45, 2.75) is 32.2 Å². The zero-order valence-corrected chi connectivity index (χ0v) is 14.3. The van der Waals surface area contributed by atoms with E-state index >= 15 is 0 Å². The summed E-state index contributed by atoms with van der Waals surface area (Å²) >= 11 is 0. The molecule has 0 saturated heterocycles. The van der Waals surface area contributed by atoms with Crippen LogP contribution in [0.4, 0.5) is 5.69 Å². The smallest absolute Gasteiger partial charge is 0.232 e. The van der Waals surface area contributed by atoms with Crippen LogP contribution in [0.2, 0.25) is 0 Å². The molecule has 0 saturated carbocycles. The molecule has 0 aliphatic heterocycles. The van der Waals surface area contributed by atoms with Crippen molar-refractivity contribution in [1.82, 2.24) is 4.98 Å². The van der Waals surface area contributed by atoms with E-state index in [2.05, 4.69) is 9.71 Å². The lowest BCUT2D eigenvalue weighted by Crippen LogP contribution is -2.35. The van der Waals surface area contributed by atoms with Gasteiger partial charge in [-0.3, -0.25) is 9.71 Å². The standard InChI is InChI=1S/C17H23N3O2S/c1-3-4-12-23(21,22)20-15-9-7-8-14(13-15)17(2,18)16-10-5-6-11-19-16/h5-11,13,20H,3-4,12,18H2,1-2H3. The highest BCUT2D eigenvalue weighted by Crippen LogP contribution is 2.27. The lowest BCUT2D eigenvalue weighted by atomic mass is 9.89. The van der Waals surface area contributed by atoms with Crippen LogP contribution in [-0.2, 0) is 15.6 Å². The van der Waals surface area contributed by atoms with Gasteiger partial charge in [0.05, 0.1) is 17.0 Å². The van der Waals surface area contributed by atoms with Gasteiger partial charge in [0.2, 0.25) is 10.0 Å². The third kappa shape index (κ3) is 4.53. The first-order valence-electron chi connectivity index (χ1n) is 7.66. The molecule has 6 heteroatoms. The Morgan fingerprint density at radius 3 is 2.65 bits per heavy atom. The van der Waals surface area contributed by atoms with E-state index in [1.54, 1.807) is 24.4 Å². The van der Waals surface area contributed by atoms with E-state index in [1.165, 1.54) is 0 Å². The number of anilines is 1. The number of sulfonamides is 1. The Labute approximate surface area is 138 Å². The molecule has 1 atom stereocenters. The van der Waals surface area contributed by atoms with E-state index < -0.39 is 15.6 Å². The second kappa shape index (κ2) is 7.10. The normalized spacial score (nSPS) is 14.2. The van der Waals surface area contributed by atoms with E-state index in [0.29, 0.717) is 12.1 Å². The lowest BCUT2D eigenvalue weighted by molar-refractivity contribution is 0.581. The molecule has 0 radical (unpaired) electrons. The van der Waals surface area contributed by atoms with Crippen molar-refractivity contribution in [2.24, 2.45) is 5.73 Å².